The van der Waals surface area contributed by atoms with Gasteiger partial charge in [-0.1, -0.05) is 22.4 Å². The molecule has 8 N–H and O–H groups in total. The van der Waals surface area contributed by atoms with E-state index in [2.05, 4.69) is 30.9 Å². The van der Waals surface area contributed by atoms with Gasteiger partial charge in [0, 0.05) is 57.7 Å². The first-order valence-corrected chi connectivity index (χ1v) is 25.5. The summed E-state index contributed by atoms with van der Waals surface area (Å²) in [5.41, 5.74) is 7.66. The van der Waals surface area contributed by atoms with E-state index in [0.29, 0.717) is 22.7 Å². The molecule has 4 aromatic heterocycles. The van der Waals surface area contributed by atoms with Crippen LogP contribution in [-0.2, 0) is 61.1 Å². The Morgan fingerprint density at radius 1 is 0.676 bits per heavy atom. The number of anilines is 2. The van der Waals surface area contributed by atoms with Gasteiger partial charge < -0.3 is 61.8 Å². The number of pyridine rings is 2. The Morgan fingerprint density at radius 3 is 1.32 bits per heavy atom. The molecule has 4 aliphatic heterocycles. The van der Waals surface area contributed by atoms with Crippen LogP contribution in [0.5, 0.6) is 0 Å². The van der Waals surface area contributed by atoms with E-state index in [9.17, 15) is 58.8 Å². The number of thioether (sulfide) groups is 2. The van der Waals surface area contributed by atoms with Crippen LogP contribution in [-0.4, -0.2) is 134 Å². The number of nitrogens with one attached hydrogen (secondary N) is 2. The summed E-state index contributed by atoms with van der Waals surface area (Å²) in [6.07, 6.45) is 7.10. The second-order valence-electron chi connectivity index (χ2n) is 17.1. The van der Waals surface area contributed by atoms with Crippen molar-refractivity contribution >= 4 is 115 Å². The third-order valence-electron chi connectivity index (χ3n) is 11.1. The number of oxime groups is 2. The summed E-state index contributed by atoms with van der Waals surface area (Å²) < 4.78 is 3.56. The summed E-state index contributed by atoms with van der Waals surface area (Å²) >= 11 is 4.64. The number of hydrogen-bond acceptors (Lipinski definition) is 22. The first-order chi connectivity index (χ1) is 35.0. The second-order valence-corrected chi connectivity index (χ2v) is 21.1. The van der Waals surface area contributed by atoms with Crippen molar-refractivity contribution < 1.29 is 77.6 Å². The Labute approximate surface area is 435 Å². The Balaban J connectivity index is 0.000000216. The average Bonchev–Trinajstić information content (AvgIpc) is 3.99. The third-order valence-corrected chi connectivity index (χ3v) is 15.1. The van der Waals surface area contributed by atoms with Crippen LogP contribution in [0.25, 0.3) is 0 Å². The number of fused-ring (bicyclic) bond motifs is 2. The van der Waals surface area contributed by atoms with Crippen molar-refractivity contribution in [3.8, 4) is 0 Å². The van der Waals surface area contributed by atoms with Crippen molar-refractivity contribution in [3.05, 3.63) is 106 Å². The Kier molecular flexibility index (Phi) is 16.0. The number of carbonyl (C=O) groups excluding carboxylic acids is 6. The van der Waals surface area contributed by atoms with Gasteiger partial charge in [0.1, 0.15) is 34.2 Å². The number of β-lactam (4-membered cyclic amide) rings is 2. The molecule has 0 saturated carbocycles. The molecule has 0 aromatic carbocycles. The zero-order valence-corrected chi connectivity index (χ0v) is 42.5. The Bertz CT molecular complexity index is 2850. The lowest BCUT2D eigenvalue weighted by molar-refractivity contribution is -0.689. The van der Waals surface area contributed by atoms with Crippen LogP contribution in [0.1, 0.15) is 39.1 Å². The fraction of sp³-hybridized carbons (Fsp3) is 0.318. The number of rotatable bonds is 18. The van der Waals surface area contributed by atoms with Crippen LogP contribution >= 0.6 is 46.2 Å². The van der Waals surface area contributed by atoms with Crippen molar-refractivity contribution in [2.24, 2.45) is 10.3 Å². The maximum absolute atomic E-state index is 13.1. The van der Waals surface area contributed by atoms with E-state index in [-0.39, 0.29) is 57.6 Å². The second kappa shape index (κ2) is 22.0. The van der Waals surface area contributed by atoms with Gasteiger partial charge in [0.05, 0.1) is 23.3 Å². The highest BCUT2D eigenvalue weighted by atomic mass is 32.2. The number of hydrogen-bond donors (Lipinski definition) is 6. The number of carboxylic acids is 4. The number of carbonyl (C=O) groups is 8. The van der Waals surface area contributed by atoms with Gasteiger partial charge in [-0.3, -0.25) is 29.0 Å². The number of nitrogen functional groups attached to an aromatic ring is 2. The predicted molar refractivity (Wildman–Crippen MR) is 259 cm³/mol. The number of nitrogens with two attached hydrogens (primary N) is 2. The van der Waals surface area contributed by atoms with Crippen LogP contribution < -0.4 is 41.4 Å². The van der Waals surface area contributed by atoms with Gasteiger partial charge in [0.25, 0.3) is 23.6 Å². The van der Waals surface area contributed by atoms with E-state index in [1.807, 2.05) is 12.1 Å². The van der Waals surface area contributed by atoms with Gasteiger partial charge in [-0.2, -0.15) is 0 Å². The van der Waals surface area contributed by atoms with Gasteiger partial charge in [-0.25, -0.2) is 28.7 Å². The highest BCUT2D eigenvalue weighted by Crippen LogP contribution is 2.41. The molecule has 4 atom stereocenters. The van der Waals surface area contributed by atoms with Crippen LogP contribution in [0.4, 0.5) is 10.3 Å². The summed E-state index contributed by atoms with van der Waals surface area (Å²) in [7, 11) is 0. The molecule has 0 bridgehead atoms. The molecule has 0 aliphatic carbocycles. The minimum atomic E-state index is -1.75. The van der Waals surface area contributed by atoms with E-state index in [1.54, 1.807) is 58.2 Å². The van der Waals surface area contributed by atoms with Crippen LogP contribution in [0.2, 0.25) is 0 Å². The number of thiazole rings is 2. The molecule has 0 radical (unpaired) electrons. The minimum Gasteiger partial charge on any atom is -0.543 e. The largest absolute Gasteiger partial charge is 0.543 e. The number of carboxylic acid groups (broad SMARTS) is 4. The van der Waals surface area contributed by atoms with E-state index in [0.717, 1.165) is 32.5 Å². The first kappa shape index (κ1) is 53.8. The van der Waals surface area contributed by atoms with Crippen molar-refractivity contribution in [2.45, 2.75) is 74.8 Å². The molecule has 8 heterocycles. The minimum absolute atomic E-state index is 0.0265. The van der Waals surface area contributed by atoms with Crippen LogP contribution in [0, 0.1) is 0 Å². The lowest BCUT2D eigenvalue weighted by Gasteiger charge is -2.50. The highest BCUT2D eigenvalue weighted by Gasteiger charge is 2.55. The topological polar surface area (TPSA) is 382 Å². The van der Waals surface area contributed by atoms with Gasteiger partial charge in [-0.15, -0.1) is 46.2 Å². The Hall–Kier alpha value is -7.96. The number of aromatic nitrogens is 4. The standard InChI is InChI=1S/2C22H22N6O7S2/c2*1-22(2,20(33)34)35-26-13(12-10-37-21(23)24-12)16(29)25-14-17(30)28-15(19(31)32)11(9-36-18(14)28)8-27-6-4-3-5-7-27/h2*3-7,10,14,18H,8-9H2,1-2H3,(H4-,23,24,25,29,31,32,33,34)/b2*26-13-/t2*14-,18-/m11/s1. The normalized spacial score (nSPS) is 19.7. The van der Waals surface area contributed by atoms with E-state index < -0.39 is 81.5 Å². The number of nitrogens with zero attached hydrogens (tertiary/aromatic N) is 8. The SMILES string of the molecule is CC(C)(O/N=C(\C(=O)N[C@@H]1C(=O)N2C(C(=O)[O-])=C(C[n+]3ccccc3)CS[C@H]12)c1csc(N)n1)C(=O)O.CC(C)(O/N=C(\C(=O)N[C@@H]1C(=O)N2C(C(=O)[O-])=C(C[n+]3ccccc3)CS[C@H]12)c1csc(N)n1)C(=O)O. The van der Waals surface area contributed by atoms with E-state index >= 15 is 0 Å². The molecule has 30 heteroatoms. The molecule has 2 saturated heterocycles. The van der Waals surface area contributed by atoms with Gasteiger partial charge >= 0.3 is 11.9 Å². The zero-order chi connectivity index (χ0) is 53.8. The monoisotopic (exact) mass is 1090 g/mol. The lowest BCUT2D eigenvalue weighted by Crippen LogP contribution is -2.71. The fourth-order valence-electron chi connectivity index (χ4n) is 7.13. The molecule has 0 unspecified atom stereocenters. The van der Waals surface area contributed by atoms with Gasteiger partial charge in [0.2, 0.25) is 11.2 Å². The first-order valence-electron chi connectivity index (χ1n) is 21.7. The summed E-state index contributed by atoms with van der Waals surface area (Å²) in [4.78, 5) is 119. The van der Waals surface area contributed by atoms with E-state index in [4.69, 9.17) is 21.1 Å². The molecule has 4 aliphatic rings. The van der Waals surface area contributed by atoms with Gasteiger partial charge in [0.15, 0.2) is 59.6 Å². The number of amides is 4. The van der Waals surface area contributed by atoms with E-state index in [1.165, 1.54) is 62.0 Å². The molecule has 4 aromatic rings. The molecule has 8 rings (SSSR count). The van der Waals surface area contributed by atoms with Crippen molar-refractivity contribution in [1.29, 1.82) is 0 Å². The molecule has 2 fully saturated rings. The molecule has 74 heavy (non-hydrogen) atoms. The molecular formula is C44H44N12O14S4. The summed E-state index contributed by atoms with van der Waals surface area (Å²) in [6, 6.07) is 8.73. The average molecular weight is 1090 g/mol. The van der Waals surface area contributed by atoms with Crippen molar-refractivity contribution in [2.75, 3.05) is 23.0 Å². The molecular weight excluding hydrogens is 1050 g/mol. The Morgan fingerprint density at radius 2 is 1.03 bits per heavy atom. The molecule has 4 amide bonds. The third kappa shape index (κ3) is 11.6. The van der Waals surface area contributed by atoms with Crippen molar-refractivity contribution in [1.82, 2.24) is 30.4 Å². The zero-order valence-electron chi connectivity index (χ0n) is 39.2. The fourth-order valence-corrected chi connectivity index (χ4v) is 10.9. The van der Waals surface area contributed by atoms with Crippen LogP contribution in [0.3, 0.4) is 0 Å². The number of aliphatic carboxylic acids is 4. The quantitative estimate of drug-likeness (QED) is 0.0257. The molecule has 0 spiro atoms. The maximum atomic E-state index is 13.1. The predicted octanol–water partition coefficient (Wildman–Crippen LogP) is -2.60. The van der Waals surface area contributed by atoms with Crippen LogP contribution in [0.15, 0.2) is 105 Å². The summed E-state index contributed by atoms with van der Waals surface area (Å²) in [5.74, 6) is -8.01. The summed E-state index contributed by atoms with van der Waals surface area (Å²) in [6.45, 7) is 5.49. The summed E-state index contributed by atoms with van der Waals surface area (Å²) in [5, 5.41) is 56.7. The highest BCUT2D eigenvalue weighted by molar-refractivity contribution is 8.00. The van der Waals surface area contributed by atoms with Gasteiger partial charge in [-0.05, 0) is 27.7 Å². The maximum Gasteiger partial charge on any atom is 0.350 e. The molecule has 388 valence electrons. The lowest BCUT2D eigenvalue weighted by atomic mass is 10.0. The molecule has 26 nitrogen and oxygen atoms in total. The van der Waals surface area contributed by atoms with Crippen molar-refractivity contribution in [3.63, 3.8) is 0 Å². The smallest absolute Gasteiger partial charge is 0.350 e.